The molecule has 0 aromatic heterocycles. The minimum Gasteiger partial charge on any atom is -0.496 e. The molecule has 3 heteroatoms. The lowest BCUT2D eigenvalue weighted by atomic mass is 10.1. The summed E-state index contributed by atoms with van der Waals surface area (Å²) in [4.78, 5) is 6.74. The number of fused-ring (bicyclic) bond motifs is 1. The van der Waals surface area contributed by atoms with Gasteiger partial charge in [-0.25, -0.2) is 4.99 Å². The molecular formula is C17H18N2O. The molecule has 0 bridgehead atoms. The van der Waals surface area contributed by atoms with E-state index in [0.29, 0.717) is 0 Å². The van der Waals surface area contributed by atoms with Crippen LogP contribution in [-0.2, 0) is 13.0 Å². The Hall–Kier alpha value is -2.29. The third kappa shape index (κ3) is 2.67. The quantitative estimate of drug-likeness (QED) is 0.847. The fraction of sp³-hybridized carbons (Fsp3) is 0.235. The number of para-hydroxylation sites is 2. The summed E-state index contributed by atoms with van der Waals surface area (Å²) in [5.41, 5.74) is 3.61. The first kappa shape index (κ1) is 12.7. The van der Waals surface area contributed by atoms with Crippen LogP contribution in [-0.4, -0.2) is 24.9 Å². The molecule has 0 saturated heterocycles. The lowest BCUT2D eigenvalue weighted by Gasteiger charge is -2.24. The zero-order chi connectivity index (χ0) is 13.8. The van der Waals surface area contributed by atoms with E-state index < -0.39 is 0 Å². The van der Waals surface area contributed by atoms with E-state index in [0.717, 1.165) is 30.9 Å². The number of benzene rings is 2. The minimum atomic E-state index is 0.925. The van der Waals surface area contributed by atoms with Crippen LogP contribution in [0, 0.1) is 0 Å². The van der Waals surface area contributed by atoms with E-state index in [1.807, 2.05) is 24.5 Å². The summed E-state index contributed by atoms with van der Waals surface area (Å²) >= 11 is 0. The number of hydrogen-bond acceptors (Lipinski definition) is 3. The molecule has 3 rings (SSSR count). The number of methoxy groups -OCH3 is 1. The van der Waals surface area contributed by atoms with Crippen LogP contribution in [0.25, 0.3) is 0 Å². The van der Waals surface area contributed by atoms with Crippen LogP contribution in [0.3, 0.4) is 0 Å². The average Bonchev–Trinajstić information content (AvgIpc) is 2.53. The topological polar surface area (TPSA) is 24.8 Å². The molecule has 0 atom stereocenters. The fourth-order valence-corrected chi connectivity index (χ4v) is 2.48. The van der Waals surface area contributed by atoms with Gasteiger partial charge in [-0.05, 0) is 29.7 Å². The molecular weight excluding hydrogens is 248 g/mol. The second-order valence-corrected chi connectivity index (χ2v) is 4.91. The van der Waals surface area contributed by atoms with Crippen molar-refractivity contribution in [2.75, 3.05) is 13.7 Å². The predicted molar refractivity (Wildman–Crippen MR) is 81.7 cm³/mol. The molecule has 20 heavy (non-hydrogen) atoms. The zero-order valence-electron chi connectivity index (χ0n) is 11.6. The van der Waals surface area contributed by atoms with Gasteiger partial charge in [0.25, 0.3) is 0 Å². The molecule has 0 spiro atoms. The maximum atomic E-state index is 5.39. The third-order valence-corrected chi connectivity index (χ3v) is 3.59. The second kappa shape index (κ2) is 5.78. The van der Waals surface area contributed by atoms with Crippen LogP contribution in [0.15, 0.2) is 53.5 Å². The van der Waals surface area contributed by atoms with Crippen molar-refractivity contribution in [1.29, 1.82) is 0 Å². The van der Waals surface area contributed by atoms with Crippen LogP contribution in [0.4, 0.5) is 5.69 Å². The third-order valence-electron chi connectivity index (χ3n) is 3.59. The fourth-order valence-electron chi connectivity index (χ4n) is 2.48. The standard InChI is InChI=1S/C17H18N2O/c1-20-17-9-5-3-6-14(17)10-11-19-12-15-7-2-4-8-16(15)18-13-19/h2-9,13H,10-12H2,1H3. The summed E-state index contributed by atoms with van der Waals surface area (Å²) in [7, 11) is 1.72. The van der Waals surface area contributed by atoms with Crippen molar-refractivity contribution in [3.8, 4) is 5.75 Å². The van der Waals surface area contributed by atoms with E-state index in [9.17, 15) is 0 Å². The van der Waals surface area contributed by atoms with Crippen molar-refractivity contribution in [3.63, 3.8) is 0 Å². The van der Waals surface area contributed by atoms with E-state index in [1.165, 1.54) is 11.1 Å². The van der Waals surface area contributed by atoms with Gasteiger partial charge in [-0.15, -0.1) is 0 Å². The van der Waals surface area contributed by atoms with Crippen molar-refractivity contribution in [3.05, 3.63) is 59.7 Å². The Bertz CT molecular complexity index is 622. The summed E-state index contributed by atoms with van der Waals surface area (Å²) in [6.07, 6.45) is 2.90. The Morgan fingerprint density at radius 2 is 1.90 bits per heavy atom. The van der Waals surface area contributed by atoms with Crippen molar-refractivity contribution in [2.45, 2.75) is 13.0 Å². The summed E-state index contributed by atoms with van der Waals surface area (Å²) in [6, 6.07) is 16.5. The van der Waals surface area contributed by atoms with Gasteiger partial charge in [0.1, 0.15) is 5.75 Å². The lowest BCUT2D eigenvalue weighted by molar-refractivity contribution is 0.396. The van der Waals surface area contributed by atoms with Crippen LogP contribution in [0.2, 0.25) is 0 Å². The van der Waals surface area contributed by atoms with E-state index >= 15 is 0 Å². The first-order valence-electron chi connectivity index (χ1n) is 6.85. The SMILES string of the molecule is COc1ccccc1CCN1C=Nc2ccccc2C1. The maximum Gasteiger partial charge on any atom is 0.122 e. The van der Waals surface area contributed by atoms with Crippen LogP contribution in [0.5, 0.6) is 5.75 Å². The normalized spacial score (nSPS) is 13.2. The van der Waals surface area contributed by atoms with E-state index in [4.69, 9.17) is 4.74 Å². The molecule has 0 unspecified atom stereocenters. The summed E-state index contributed by atoms with van der Waals surface area (Å²) < 4.78 is 5.39. The first-order valence-corrected chi connectivity index (χ1v) is 6.85. The van der Waals surface area contributed by atoms with E-state index in [1.54, 1.807) is 7.11 Å². The van der Waals surface area contributed by atoms with E-state index in [-0.39, 0.29) is 0 Å². The van der Waals surface area contributed by atoms with Gasteiger partial charge in [0, 0.05) is 13.1 Å². The van der Waals surface area contributed by atoms with Gasteiger partial charge in [0.05, 0.1) is 19.1 Å². The Kier molecular flexibility index (Phi) is 3.68. The smallest absolute Gasteiger partial charge is 0.122 e. The van der Waals surface area contributed by atoms with Crippen molar-refractivity contribution in [1.82, 2.24) is 4.90 Å². The van der Waals surface area contributed by atoms with Gasteiger partial charge in [-0.3, -0.25) is 0 Å². The highest BCUT2D eigenvalue weighted by Crippen LogP contribution is 2.24. The van der Waals surface area contributed by atoms with Crippen LogP contribution < -0.4 is 4.74 Å². The van der Waals surface area contributed by atoms with Gasteiger partial charge in [-0.1, -0.05) is 36.4 Å². The highest BCUT2D eigenvalue weighted by molar-refractivity contribution is 5.66. The second-order valence-electron chi connectivity index (χ2n) is 4.91. The molecule has 1 aliphatic heterocycles. The molecule has 1 heterocycles. The number of hydrogen-bond donors (Lipinski definition) is 0. The van der Waals surface area contributed by atoms with E-state index in [2.05, 4.69) is 40.2 Å². The maximum absolute atomic E-state index is 5.39. The molecule has 3 nitrogen and oxygen atoms in total. The molecule has 0 fully saturated rings. The zero-order valence-corrected chi connectivity index (χ0v) is 11.6. The monoisotopic (exact) mass is 266 g/mol. The summed E-state index contributed by atoms with van der Waals surface area (Å²) in [5.74, 6) is 0.960. The lowest BCUT2D eigenvalue weighted by Crippen LogP contribution is -2.26. The number of rotatable bonds is 4. The molecule has 0 N–H and O–H groups in total. The van der Waals surface area contributed by atoms with Gasteiger partial charge < -0.3 is 9.64 Å². The molecule has 0 aliphatic carbocycles. The Balaban J connectivity index is 1.66. The summed E-state index contributed by atoms with van der Waals surface area (Å²) in [6.45, 7) is 1.87. The largest absolute Gasteiger partial charge is 0.496 e. The Morgan fingerprint density at radius 3 is 2.80 bits per heavy atom. The van der Waals surface area contributed by atoms with Crippen molar-refractivity contribution in [2.24, 2.45) is 4.99 Å². The van der Waals surface area contributed by atoms with Gasteiger partial charge in [0.15, 0.2) is 0 Å². The average molecular weight is 266 g/mol. The number of ether oxygens (including phenoxy) is 1. The highest BCUT2D eigenvalue weighted by atomic mass is 16.5. The Morgan fingerprint density at radius 1 is 1.10 bits per heavy atom. The van der Waals surface area contributed by atoms with Gasteiger partial charge >= 0.3 is 0 Å². The summed E-state index contributed by atoms with van der Waals surface area (Å²) in [5, 5.41) is 0. The molecule has 2 aromatic rings. The van der Waals surface area contributed by atoms with Crippen LogP contribution in [0.1, 0.15) is 11.1 Å². The first-order chi connectivity index (χ1) is 9.86. The molecule has 0 amide bonds. The van der Waals surface area contributed by atoms with Gasteiger partial charge in [0.2, 0.25) is 0 Å². The molecule has 0 radical (unpaired) electrons. The van der Waals surface area contributed by atoms with Crippen LogP contribution >= 0.6 is 0 Å². The predicted octanol–water partition coefficient (Wildman–Crippen LogP) is 3.41. The number of nitrogens with zero attached hydrogens (tertiary/aromatic N) is 2. The van der Waals surface area contributed by atoms with Crippen molar-refractivity contribution < 1.29 is 4.74 Å². The molecule has 0 saturated carbocycles. The van der Waals surface area contributed by atoms with Gasteiger partial charge in [-0.2, -0.15) is 0 Å². The molecule has 2 aromatic carbocycles. The molecule has 1 aliphatic rings. The highest BCUT2D eigenvalue weighted by Gasteiger charge is 2.11. The number of aliphatic imine (C=N–C) groups is 1. The molecule has 102 valence electrons. The minimum absolute atomic E-state index is 0.925. The Labute approximate surface area is 119 Å². The van der Waals surface area contributed by atoms with Crippen molar-refractivity contribution >= 4 is 12.0 Å².